The molecule has 0 atom stereocenters. The lowest BCUT2D eigenvalue weighted by molar-refractivity contribution is -0.137. The van der Waals surface area contributed by atoms with Gasteiger partial charge in [0.15, 0.2) is 5.82 Å². The fourth-order valence-corrected chi connectivity index (χ4v) is 3.80. The molecule has 6 nitrogen and oxygen atoms in total. The molecule has 0 radical (unpaired) electrons. The van der Waals surface area contributed by atoms with Gasteiger partial charge in [-0.1, -0.05) is 18.2 Å². The summed E-state index contributed by atoms with van der Waals surface area (Å²) in [5.41, 5.74) is -0.183. The molecule has 0 spiro atoms. The lowest BCUT2D eigenvalue weighted by Crippen LogP contribution is -2.30. The predicted octanol–water partition coefficient (Wildman–Crippen LogP) is 5.88. The molecule has 3 aromatic carbocycles. The van der Waals surface area contributed by atoms with Crippen LogP contribution in [0.2, 0.25) is 0 Å². The van der Waals surface area contributed by atoms with E-state index in [9.17, 15) is 31.1 Å². The zero-order valence-electron chi connectivity index (χ0n) is 20.5. The quantitative estimate of drug-likeness (QED) is 0.201. The molecule has 0 aliphatic carbocycles. The number of hydrogen-bond acceptors (Lipinski definition) is 4. The SMILES string of the molecule is N#Cc1ccc(Cn2cnnc2CN(Cc2ccc(F)cc2F)C(=O)/C=C/c2cc(F)cc(C(F)(F)F)c2)cc1. The van der Waals surface area contributed by atoms with Gasteiger partial charge in [0.2, 0.25) is 5.91 Å². The zero-order chi connectivity index (χ0) is 28.9. The van der Waals surface area contributed by atoms with Crippen LogP contribution in [0, 0.1) is 28.8 Å². The molecule has 0 aliphatic rings. The van der Waals surface area contributed by atoms with Gasteiger partial charge < -0.3 is 9.47 Å². The monoisotopic (exact) mass is 555 g/mol. The zero-order valence-corrected chi connectivity index (χ0v) is 20.5. The summed E-state index contributed by atoms with van der Waals surface area (Å²) in [6, 6.07) is 13.4. The fraction of sp³-hybridized carbons (Fsp3) is 0.143. The Kier molecular flexibility index (Phi) is 8.33. The average Bonchev–Trinajstić information content (AvgIpc) is 3.34. The van der Waals surface area contributed by atoms with E-state index in [1.807, 2.05) is 6.07 Å². The van der Waals surface area contributed by atoms with Crippen LogP contribution in [0.25, 0.3) is 6.08 Å². The van der Waals surface area contributed by atoms with Crippen LogP contribution in [0.1, 0.15) is 33.6 Å². The number of amides is 1. The molecule has 0 unspecified atom stereocenters. The summed E-state index contributed by atoms with van der Waals surface area (Å²) in [6.07, 6.45) is -1.44. The molecule has 0 saturated heterocycles. The Morgan fingerprint density at radius 2 is 1.73 bits per heavy atom. The molecule has 4 rings (SSSR count). The Morgan fingerprint density at radius 3 is 2.40 bits per heavy atom. The van der Waals surface area contributed by atoms with Gasteiger partial charge in [0.1, 0.15) is 23.8 Å². The van der Waals surface area contributed by atoms with E-state index in [1.54, 1.807) is 28.8 Å². The van der Waals surface area contributed by atoms with Crippen molar-refractivity contribution in [3.63, 3.8) is 0 Å². The second kappa shape index (κ2) is 11.9. The summed E-state index contributed by atoms with van der Waals surface area (Å²) in [5.74, 6) is -3.31. The number of carbonyl (C=O) groups is 1. The van der Waals surface area contributed by atoms with Gasteiger partial charge in [-0.15, -0.1) is 10.2 Å². The number of hydrogen-bond donors (Lipinski definition) is 0. The summed E-state index contributed by atoms with van der Waals surface area (Å²) in [6.45, 7) is -0.260. The van der Waals surface area contributed by atoms with Crippen LogP contribution in [-0.2, 0) is 30.6 Å². The largest absolute Gasteiger partial charge is 0.416 e. The minimum absolute atomic E-state index is 0.0218. The van der Waals surface area contributed by atoms with Crippen molar-refractivity contribution < 1.29 is 31.1 Å². The van der Waals surface area contributed by atoms with E-state index in [-0.39, 0.29) is 30.8 Å². The molecular formula is C28H19F6N5O. The van der Waals surface area contributed by atoms with E-state index in [4.69, 9.17) is 5.26 Å². The number of aromatic nitrogens is 3. The first-order valence-corrected chi connectivity index (χ1v) is 11.7. The maximum atomic E-state index is 14.4. The van der Waals surface area contributed by atoms with Crippen molar-refractivity contribution >= 4 is 12.0 Å². The normalized spacial score (nSPS) is 11.5. The summed E-state index contributed by atoms with van der Waals surface area (Å²) in [5, 5.41) is 16.9. The van der Waals surface area contributed by atoms with Crippen LogP contribution < -0.4 is 0 Å². The highest BCUT2D eigenvalue weighted by atomic mass is 19.4. The summed E-state index contributed by atoms with van der Waals surface area (Å²) < 4.78 is 82.5. The van der Waals surface area contributed by atoms with Gasteiger partial charge in [-0.3, -0.25) is 4.79 Å². The number of carbonyl (C=O) groups excluding carboxylic acids is 1. The van der Waals surface area contributed by atoms with Crippen molar-refractivity contribution in [1.29, 1.82) is 5.26 Å². The van der Waals surface area contributed by atoms with Gasteiger partial charge in [-0.05, 0) is 53.6 Å². The molecule has 1 heterocycles. The van der Waals surface area contributed by atoms with Crippen LogP contribution >= 0.6 is 0 Å². The molecule has 204 valence electrons. The number of nitriles is 1. The van der Waals surface area contributed by atoms with Gasteiger partial charge in [0.25, 0.3) is 0 Å². The molecule has 1 aromatic heterocycles. The summed E-state index contributed by atoms with van der Waals surface area (Å²) >= 11 is 0. The highest BCUT2D eigenvalue weighted by molar-refractivity contribution is 5.91. The Bertz CT molecular complexity index is 1590. The standard InChI is InChI=1S/C28H19F6N5O/c29-23-7-6-21(25(31)12-23)15-38(27(40)8-5-20-9-22(28(32,33)34)11-24(30)10-20)16-26-37-36-17-39(26)14-19-3-1-18(13-35)2-4-19/h1-12,17H,14-16H2/b8-5+. The number of alkyl halides is 3. The summed E-state index contributed by atoms with van der Waals surface area (Å²) in [4.78, 5) is 14.3. The van der Waals surface area contributed by atoms with Crippen molar-refractivity contribution in [2.45, 2.75) is 25.8 Å². The van der Waals surface area contributed by atoms with Crippen molar-refractivity contribution in [2.24, 2.45) is 0 Å². The molecule has 12 heteroatoms. The van der Waals surface area contributed by atoms with Gasteiger partial charge in [0, 0.05) is 24.3 Å². The Balaban J connectivity index is 1.61. The number of nitrogens with zero attached hydrogens (tertiary/aromatic N) is 5. The molecular weight excluding hydrogens is 536 g/mol. The molecule has 0 N–H and O–H groups in total. The van der Waals surface area contributed by atoms with E-state index >= 15 is 0 Å². The Hall–Kier alpha value is -4.92. The van der Waals surface area contributed by atoms with Crippen molar-refractivity contribution in [3.8, 4) is 6.07 Å². The number of benzene rings is 3. The lowest BCUT2D eigenvalue weighted by Gasteiger charge is -2.22. The molecule has 0 aliphatic heterocycles. The van der Waals surface area contributed by atoms with Crippen molar-refractivity contribution in [2.75, 3.05) is 0 Å². The lowest BCUT2D eigenvalue weighted by atomic mass is 10.1. The first-order valence-electron chi connectivity index (χ1n) is 11.7. The number of rotatable bonds is 8. The van der Waals surface area contributed by atoms with Crippen LogP contribution in [0.4, 0.5) is 26.3 Å². The van der Waals surface area contributed by atoms with Gasteiger partial charge in [0.05, 0.1) is 30.3 Å². The minimum atomic E-state index is -4.79. The topological polar surface area (TPSA) is 74.8 Å². The van der Waals surface area contributed by atoms with E-state index < -0.39 is 35.1 Å². The Morgan fingerprint density at radius 1 is 0.975 bits per heavy atom. The van der Waals surface area contributed by atoms with Crippen molar-refractivity contribution in [3.05, 3.63) is 124 Å². The van der Waals surface area contributed by atoms with Crippen LogP contribution in [0.15, 0.2) is 73.1 Å². The van der Waals surface area contributed by atoms with E-state index in [1.165, 1.54) is 6.33 Å². The van der Waals surface area contributed by atoms with E-state index in [0.29, 0.717) is 29.6 Å². The molecule has 1 amide bonds. The van der Waals surface area contributed by atoms with Crippen LogP contribution in [0.5, 0.6) is 0 Å². The smallest absolute Gasteiger partial charge is 0.327 e. The molecule has 4 aromatic rings. The third kappa shape index (κ3) is 7.13. The molecule has 40 heavy (non-hydrogen) atoms. The highest BCUT2D eigenvalue weighted by Gasteiger charge is 2.31. The molecule has 0 bridgehead atoms. The van der Waals surface area contributed by atoms with Gasteiger partial charge in [-0.25, -0.2) is 13.2 Å². The predicted molar refractivity (Wildman–Crippen MR) is 131 cm³/mol. The summed E-state index contributed by atoms with van der Waals surface area (Å²) in [7, 11) is 0. The third-order valence-electron chi connectivity index (χ3n) is 5.82. The van der Waals surface area contributed by atoms with E-state index in [2.05, 4.69) is 10.2 Å². The highest BCUT2D eigenvalue weighted by Crippen LogP contribution is 2.30. The van der Waals surface area contributed by atoms with Gasteiger partial charge >= 0.3 is 6.18 Å². The molecule has 0 saturated carbocycles. The van der Waals surface area contributed by atoms with Crippen LogP contribution in [-0.4, -0.2) is 25.6 Å². The second-order valence-corrected chi connectivity index (χ2v) is 8.72. The van der Waals surface area contributed by atoms with Crippen LogP contribution in [0.3, 0.4) is 0 Å². The first-order chi connectivity index (χ1) is 19.0. The van der Waals surface area contributed by atoms with E-state index in [0.717, 1.165) is 40.8 Å². The fourth-order valence-electron chi connectivity index (χ4n) is 3.80. The Labute approximate surface area is 224 Å². The maximum absolute atomic E-state index is 14.4. The minimum Gasteiger partial charge on any atom is -0.327 e. The van der Waals surface area contributed by atoms with Gasteiger partial charge in [-0.2, -0.15) is 18.4 Å². The first kappa shape index (κ1) is 28.1. The molecule has 0 fully saturated rings. The number of halogens is 6. The second-order valence-electron chi connectivity index (χ2n) is 8.72. The third-order valence-corrected chi connectivity index (χ3v) is 5.82. The maximum Gasteiger partial charge on any atom is 0.416 e. The van der Waals surface area contributed by atoms with Crippen molar-refractivity contribution in [1.82, 2.24) is 19.7 Å². The average molecular weight is 555 g/mol.